The van der Waals surface area contributed by atoms with Gasteiger partial charge in [0.2, 0.25) is 0 Å². The van der Waals surface area contributed by atoms with Crippen LogP contribution in [0.5, 0.6) is 0 Å². The molecule has 9 nitrogen and oxygen atoms in total. The number of benzene rings is 1. The van der Waals surface area contributed by atoms with Crippen LogP contribution in [-0.4, -0.2) is 73.7 Å². The molecule has 1 fully saturated rings. The van der Waals surface area contributed by atoms with Crippen molar-refractivity contribution in [3.05, 3.63) is 62.5 Å². The molecule has 36 heavy (non-hydrogen) atoms. The van der Waals surface area contributed by atoms with Gasteiger partial charge < -0.3 is 19.5 Å². The molecular formula is C24H26ClFN4O5S. The van der Waals surface area contributed by atoms with Gasteiger partial charge in [0.05, 0.1) is 32.0 Å². The van der Waals surface area contributed by atoms with E-state index in [2.05, 4.69) is 15.2 Å². The predicted molar refractivity (Wildman–Crippen MR) is 132 cm³/mol. The van der Waals surface area contributed by atoms with Crippen molar-refractivity contribution in [3.8, 4) is 0 Å². The van der Waals surface area contributed by atoms with Crippen LogP contribution in [0.3, 0.4) is 0 Å². The Hall–Kier alpha value is -2.86. The average molecular weight is 537 g/mol. The molecule has 0 aliphatic carbocycles. The van der Waals surface area contributed by atoms with Crippen molar-refractivity contribution in [2.24, 2.45) is 4.99 Å². The fraction of sp³-hybridized carbons (Fsp3) is 0.417. The van der Waals surface area contributed by atoms with Crippen LogP contribution < -0.4 is 5.32 Å². The Kier molecular flexibility index (Phi) is 9.03. The van der Waals surface area contributed by atoms with Gasteiger partial charge in [-0.3, -0.25) is 14.7 Å². The van der Waals surface area contributed by atoms with Gasteiger partial charge in [-0.15, -0.1) is 11.3 Å². The Morgan fingerprint density at radius 1 is 1.44 bits per heavy atom. The van der Waals surface area contributed by atoms with Crippen LogP contribution >= 0.6 is 22.9 Å². The van der Waals surface area contributed by atoms with Gasteiger partial charge in [0.25, 0.3) is 6.47 Å². The Balaban J connectivity index is 1.76. The Morgan fingerprint density at radius 3 is 3.03 bits per heavy atom. The highest BCUT2D eigenvalue weighted by Crippen LogP contribution is 2.37. The van der Waals surface area contributed by atoms with E-state index in [1.807, 2.05) is 5.38 Å². The number of carbonyl (C=O) groups excluding carboxylic acids is 2. The number of aliphatic imine (C=N–C) groups is 1. The standard InChI is InChI=1S/C24H26ClFN4O5S/c1-2-35-24(32)20-19(12-30-7-9-33-13-16(30)5-8-34-14-31)28-22(23-27-6-10-36-23)29-21(20)17-4-3-15(26)11-18(17)25/h3-4,6,10-11,14,16,21H,2,5,7-9,12-13H2,1H3,(H,28,29). The fourth-order valence-corrected chi connectivity index (χ4v) is 5.04. The molecule has 2 aliphatic rings. The number of carbonyl (C=O) groups is 2. The average Bonchev–Trinajstić information content (AvgIpc) is 3.40. The largest absolute Gasteiger partial charge is 0.468 e. The van der Waals surface area contributed by atoms with Gasteiger partial charge in [0, 0.05) is 47.0 Å². The second-order valence-electron chi connectivity index (χ2n) is 8.08. The summed E-state index contributed by atoms with van der Waals surface area (Å²) in [5, 5.41) is 5.92. The Bertz CT molecular complexity index is 1140. The summed E-state index contributed by atoms with van der Waals surface area (Å²) < 4.78 is 29.8. The van der Waals surface area contributed by atoms with Crippen LogP contribution in [-0.2, 0) is 23.8 Å². The summed E-state index contributed by atoms with van der Waals surface area (Å²) in [6.45, 7) is 4.52. The first-order valence-electron chi connectivity index (χ1n) is 11.5. The van der Waals surface area contributed by atoms with Crippen molar-refractivity contribution >= 4 is 41.2 Å². The topological polar surface area (TPSA) is 102 Å². The zero-order valence-corrected chi connectivity index (χ0v) is 21.2. The maximum Gasteiger partial charge on any atom is 0.338 e. The Labute approximate surface area is 216 Å². The number of morpholine rings is 1. The van der Waals surface area contributed by atoms with Crippen molar-refractivity contribution in [3.63, 3.8) is 0 Å². The normalized spacial score (nSPS) is 20.5. The maximum absolute atomic E-state index is 13.9. The molecule has 12 heteroatoms. The highest BCUT2D eigenvalue weighted by molar-refractivity contribution is 7.11. The number of amidine groups is 1. The third-order valence-corrected chi connectivity index (χ3v) is 6.97. The molecule has 3 heterocycles. The van der Waals surface area contributed by atoms with E-state index < -0.39 is 17.8 Å². The summed E-state index contributed by atoms with van der Waals surface area (Å²) in [6.07, 6.45) is 2.24. The van der Waals surface area contributed by atoms with Crippen molar-refractivity contribution < 1.29 is 28.2 Å². The molecule has 2 aromatic rings. The summed E-state index contributed by atoms with van der Waals surface area (Å²) in [5.74, 6) is -0.550. The zero-order chi connectivity index (χ0) is 25.5. The quantitative estimate of drug-likeness (QED) is 0.281. The van der Waals surface area contributed by atoms with E-state index in [0.29, 0.717) is 66.9 Å². The van der Waals surface area contributed by atoms with Crippen molar-refractivity contribution in [2.45, 2.75) is 25.4 Å². The van der Waals surface area contributed by atoms with Crippen LogP contribution in [0.1, 0.15) is 30.0 Å². The minimum atomic E-state index is -0.829. The number of nitrogens with one attached hydrogen (secondary N) is 1. The highest BCUT2D eigenvalue weighted by atomic mass is 35.5. The number of hydrogen-bond acceptors (Lipinski definition) is 10. The first kappa shape index (κ1) is 26.2. The van der Waals surface area contributed by atoms with Gasteiger partial charge in [0.1, 0.15) is 11.9 Å². The van der Waals surface area contributed by atoms with E-state index >= 15 is 0 Å². The van der Waals surface area contributed by atoms with Crippen LogP contribution in [0, 0.1) is 5.82 Å². The van der Waals surface area contributed by atoms with E-state index in [1.54, 1.807) is 13.1 Å². The van der Waals surface area contributed by atoms with E-state index in [0.717, 1.165) is 0 Å². The third-order valence-electron chi connectivity index (χ3n) is 5.86. The molecule has 2 unspecified atom stereocenters. The SMILES string of the molecule is CCOC(=O)C1=C(CN2CCOCC2CCOC=O)NC(c2nccs2)=NC1c1ccc(F)cc1Cl. The van der Waals surface area contributed by atoms with E-state index in [-0.39, 0.29) is 24.3 Å². The van der Waals surface area contributed by atoms with Gasteiger partial charge in [-0.25, -0.2) is 14.2 Å². The van der Waals surface area contributed by atoms with Crippen molar-refractivity contribution in [1.29, 1.82) is 0 Å². The predicted octanol–water partition coefficient (Wildman–Crippen LogP) is 3.11. The molecule has 2 aliphatic heterocycles. The van der Waals surface area contributed by atoms with E-state index in [9.17, 15) is 14.0 Å². The number of ether oxygens (including phenoxy) is 3. The summed E-state index contributed by atoms with van der Waals surface area (Å²) in [7, 11) is 0. The molecule has 0 saturated carbocycles. The molecule has 0 spiro atoms. The summed E-state index contributed by atoms with van der Waals surface area (Å²) >= 11 is 7.83. The lowest BCUT2D eigenvalue weighted by molar-refractivity contribution is -0.139. The molecule has 0 bridgehead atoms. The van der Waals surface area contributed by atoms with Crippen LogP contribution in [0.4, 0.5) is 4.39 Å². The first-order valence-corrected chi connectivity index (χ1v) is 12.7. The molecular weight excluding hydrogens is 511 g/mol. The lowest BCUT2D eigenvalue weighted by Crippen LogP contribution is -2.49. The minimum Gasteiger partial charge on any atom is -0.468 e. The van der Waals surface area contributed by atoms with Crippen LogP contribution in [0.2, 0.25) is 5.02 Å². The van der Waals surface area contributed by atoms with Gasteiger partial charge in [0.15, 0.2) is 10.8 Å². The smallest absolute Gasteiger partial charge is 0.338 e. The van der Waals surface area contributed by atoms with E-state index in [4.69, 9.17) is 30.8 Å². The first-order chi connectivity index (χ1) is 17.5. The lowest BCUT2D eigenvalue weighted by Gasteiger charge is -2.37. The second kappa shape index (κ2) is 12.4. The third kappa shape index (κ3) is 6.09. The summed E-state index contributed by atoms with van der Waals surface area (Å²) in [4.78, 5) is 35.2. The number of rotatable bonds is 10. The van der Waals surface area contributed by atoms with Crippen LogP contribution in [0.15, 0.2) is 46.0 Å². The Morgan fingerprint density at radius 2 is 2.31 bits per heavy atom. The zero-order valence-electron chi connectivity index (χ0n) is 19.6. The minimum absolute atomic E-state index is 0.0357. The molecule has 1 aromatic carbocycles. The van der Waals surface area contributed by atoms with Gasteiger partial charge in [-0.05, 0) is 25.5 Å². The molecule has 1 aromatic heterocycles. The number of thiazole rings is 1. The van der Waals surface area contributed by atoms with Crippen molar-refractivity contribution in [2.75, 3.05) is 39.5 Å². The van der Waals surface area contributed by atoms with Gasteiger partial charge in [-0.1, -0.05) is 17.7 Å². The molecule has 0 amide bonds. The van der Waals surface area contributed by atoms with Crippen molar-refractivity contribution in [1.82, 2.24) is 15.2 Å². The fourth-order valence-electron chi connectivity index (χ4n) is 4.19. The number of hydrogen-bond donors (Lipinski definition) is 1. The van der Waals surface area contributed by atoms with E-state index in [1.165, 1.54) is 29.5 Å². The molecule has 192 valence electrons. The monoisotopic (exact) mass is 536 g/mol. The number of aromatic nitrogens is 1. The second-order valence-corrected chi connectivity index (χ2v) is 9.38. The van der Waals surface area contributed by atoms with Gasteiger partial charge in [-0.2, -0.15) is 0 Å². The molecule has 4 rings (SSSR count). The number of nitrogens with zero attached hydrogens (tertiary/aromatic N) is 3. The highest BCUT2D eigenvalue weighted by Gasteiger charge is 2.36. The van der Waals surface area contributed by atoms with Crippen LogP contribution in [0.25, 0.3) is 0 Å². The molecule has 1 N–H and O–H groups in total. The molecule has 1 saturated heterocycles. The maximum atomic E-state index is 13.9. The summed E-state index contributed by atoms with van der Waals surface area (Å²) in [5.41, 5.74) is 1.36. The summed E-state index contributed by atoms with van der Waals surface area (Å²) in [6, 6.07) is 3.15. The van der Waals surface area contributed by atoms with Gasteiger partial charge >= 0.3 is 5.97 Å². The number of esters is 1. The molecule has 0 radical (unpaired) electrons. The lowest BCUT2D eigenvalue weighted by atomic mass is 9.95. The molecule has 2 atom stereocenters. The number of halogens is 2.